The van der Waals surface area contributed by atoms with E-state index in [1.54, 1.807) is 7.11 Å². The molecule has 1 atom stereocenters. The quantitative estimate of drug-likeness (QED) is 0.485. The number of aliphatic hydroxyl groups excluding tert-OH is 1. The van der Waals surface area contributed by atoms with Crippen molar-refractivity contribution >= 4 is 36.4 Å². The molecule has 1 unspecified atom stereocenters. The lowest BCUT2D eigenvalue weighted by molar-refractivity contribution is 0.0440. The molecule has 0 saturated carbocycles. The van der Waals surface area contributed by atoms with Crippen LogP contribution in [0.2, 0.25) is 5.02 Å². The maximum Gasteiger partial charge on any atom is 0.161 e. The van der Waals surface area contributed by atoms with Crippen LogP contribution in [0.3, 0.4) is 0 Å². The zero-order valence-corrected chi connectivity index (χ0v) is 20.8. The van der Waals surface area contributed by atoms with Crippen molar-refractivity contribution in [1.82, 2.24) is 9.80 Å². The summed E-state index contributed by atoms with van der Waals surface area (Å²) >= 11 is 5.96. The van der Waals surface area contributed by atoms with E-state index in [4.69, 9.17) is 21.1 Å². The highest BCUT2D eigenvalue weighted by atomic mass is 35.5. The minimum absolute atomic E-state index is 0. The van der Waals surface area contributed by atoms with Crippen molar-refractivity contribution in [2.75, 3.05) is 46.4 Å². The number of benzene rings is 2. The minimum Gasteiger partial charge on any atom is -0.493 e. The van der Waals surface area contributed by atoms with Gasteiger partial charge in [-0.2, -0.15) is 0 Å². The Morgan fingerprint density at radius 2 is 1.62 bits per heavy atom. The Hall–Kier alpha value is -1.47. The third-order valence-electron chi connectivity index (χ3n) is 5.29. The highest BCUT2D eigenvalue weighted by Crippen LogP contribution is 2.28. The molecule has 32 heavy (non-hydrogen) atoms. The Kier molecular flexibility index (Phi) is 13.1. The fourth-order valence-corrected chi connectivity index (χ4v) is 3.77. The number of hydrogen-bond donors (Lipinski definition) is 1. The maximum atomic E-state index is 10.4. The predicted molar refractivity (Wildman–Crippen MR) is 136 cm³/mol. The molecule has 2 aromatic carbocycles. The Morgan fingerprint density at radius 3 is 2.25 bits per heavy atom. The lowest BCUT2D eigenvalue weighted by Gasteiger charge is -2.35. The van der Waals surface area contributed by atoms with Crippen LogP contribution >= 0.6 is 36.4 Å². The van der Waals surface area contributed by atoms with Crippen molar-refractivity contribution in [3.05, 3.63) is 71.3 Å². The van der Waals surface area contributed by atoms with E-state index >= 15 is 0 Å². The van der Waals surface area contributed by atoms with Gasteiger partial charge in [-0.1, -0.05) is 35.9 Å². The van der Waals surface area contributed by atoms with Gasteiger partial charge in [0.2, 0.25) is 0 Å². The highest BCUT2D eigenvalue weighted by molar-refractivity contribution is 6.30. The summed E-state index contributed by atoms with van der Waals surface area (Å²) in [5.41, 5.74) is 2.39. The molecule has 1 aliphatic rings. The monoisotopic (exact) mass is 502 g/mol. The fourth-order valence-electron chi connectivity index (χ4n) is 3.64. The summed E-state index contributed by atoms with van der Waals surface area (Å²) in [5, 5.41) is 11.2. The Balaban J connectivity index is 0.00000256. The summed E-state index contributed by atoms with van der Waals surface area (Å²) in [7, 11) is 1.62. The molecule has 1 aliphatic heterocycles. The molecule has 0 aromatic heterocycles. The largest absolute Gasteiger partial charge is 0.493 e. The van der Waals surface area contributed by atoms with E-state index in [1.165, 1.54) is 5.56 Å². The summed E-state index contributed by atoms with van der Waals surface area (Å²) in [6.07, 6.45) is 2.09. The molecule has 8 heteroatoms. The summed E-state index contributed by atoms with van der Waals surface area (Å²) in [4.78, 5) is 4.72. The number of rotatable bonds is 10. The zero-order chi connectivity index (χ0) is 21.3. The van der Waals surface area contributed by atoms with Gasteiger partial charge in [-0.05, 0) is 41.8 Å². The SMILES string of the molecule is C=CCc1ccc(OCC(O)CN2CCN(Cc3ccc(Cl)cc3)CC2)c(OC)c1.Cl.Cl. The first-order valence-corrected chi connectivity index (χ1v) is 10.7. The normalized spacial score (nSPS) is 15.2. The number of halogens is 3. The van der Waals surface area contributed by atoms with Crippen LogP contribution in [0, 0.1) is 0 Å². The van der Waals surface area contributed by atoms with Crippen molar-refractivity contribution in [2.24, 2.45) is 0 Å². The second kappa shape index (κ2) is 14.6. The van der Waals surface area contributed by atoms with Crippen LogP contribution < -0.4 is 9.47 Å². The van der Waals surface area contributed by atoms with Gasteiger partial charge < -0.3 is 14.6 Å². The average molecular weight is 504 g/mol. The summed E-state index contributed by atoms with van der Waals surface area (Å²) < 4.78 is 11.2. The third kappa shape index (κ3) is 8.81. The second-order valence-corrected chi connectivity index (χ2v) is 8.08. The average Bonchev–Trinajstić information content (AvgIpc) is 2.76. The number of allylic oxidation sites excluding steroid dienone is 1. The molecule has 0 amide bonds. The van der Waals surface area contributed by atoms with Crippen LogP contribution in [-0.2, 0) is 13.0 Å². The summed E-state index contributed by atoms with van der Waals surface area (Å²) in [6, 6.07) is 13.9. The highest BCUT2D eigenvalue weighted by Gasteiger charge is 2.20. The van der Waals surface area contributed by atoms with Gasteiger partial charge >= 0.3 is 0 Å². The van der Waals surface area contributed by atoms with Crippen LogP contribution in [0.1, 0.15) is 11.1 Å². The van der Waals surface area contributed by atoms with Gasteiger partial charge in [-0.15, -0.1) is 31.4 Å². The number of piperazine rings is 1. The van der Waals surface area contributed by atoms with E-state index in [9.17, 15) is 5.11 Å². The van der Waals surface area contributed by atoms with Crippen molar-refractivity contribution in [3.63, 3.8) is 0 Å². The second-order valence-electron chi connectivity index (χ2n) is 7.65. The van der Waals surface area contributed by atoms with Gasteiger partial charge in [-0.3, -0.25) is 9.80 Å². The molecule has 3 rings (SSSR count). The van der Waals surface area contributed by atoms with Crippen LogP contribution in [0.5, 0.6) is 11.5 Å². The molecular formula is C24H33Cl3N2O3. The molecule has 178 valence electrons. The smallest absolute Gasteiger partial charge is 0.161 e. The molecule has 0 radical (unpaired) electrons. The van der Waals surface area contributed by atoms with Crippen LogP contribution in [0.15, 0.2) is 55.1 Å². The molecule has 1 N–H and O–H groups in total. The van der Waals surface area contributed by atoms with Gasteiger partial charge in [0.25, 0.3) is 0 Å². The van der Waals surface area contributed by atoms with E-state index in [0.717, 1.165) is 49.7 Å². The Morgan fingerprint density at radius 1 is 1.00 bits per heavy atom. The molecule has 5 nitrogen and oxygen atoms in total. The van der Waals surface area contributed by atoms with Gasteiger partial charge in [0.15, 0.2) is 11.5 Å². The lowest BCUT2D eigenvalue weighted by Crippen LogP contribution is -2.48. The number of hydrogen-bond acceptors (Lipinski definition) is 5. The third-order valence-corrected chi connectivity index (χ3v) is 5.54. The number of aliphatic hydroxyl groups is 1. The standard InChI is InChI=1S/C24H31ClN2O3.2ClH/c1-3-4-19-7-10-23(24(15-19)29-2)30-18-22(28)17-27-13-11-26(12-14-27)16-20-5-8-21(25)9-6-20;;/h3,5-10,15,22,28H,1,4,11-14,16-18H2,2H3;2*1H. The molecule has 1 saturated heterocycles. The minimum atomic E-state index is -0.551. The maximum absolute atomic E-state index is 10.4. The molecule has 1 fully saturated rings. The molecule has 2 aromatic rings. The van der Waals surface area contributed by atoms with E-state index in [2.05, 4.69) is 28.5 Å². The zero-order valence-electron chi connectivity index (χ0n) is 18.4. The van der Waals surface area contributed by atoms with Crippen LogP contribution in [-0.4, -0.2) is 67.5 Å². The van der Waals surface area contributed by atoms with Crippen molar-refractivity contribution in [3.8, 4) is 11.5 Å². The molecular weight excluding hydrogens is 471 g/mol. The first-order valence-electron chi connectivity index (χ1n) is 10.3. The topological polar surface area (TPSA) is 45.2 Å². The number of ether oxygens (including phenoxy) is 2. The first kappa shape index (κ1) is 28.6. The lowest BCUT2D eigenvalue weighted by atomic mass is 10.1. The van der Waals surface area contributed by atoms with E-state index in [1.807, 2.05) is 36.4 Å². The van der Waals surface area contributed by atoms with E-state index in [0.29, 0.717) is 18.0 Å². The fraction of sp³-hybridized carbons (Fsp3) is 0.417. The van der Waals surface area contributed by atoms with Crippen LogP contribution in [0.4, 0.5) is 0 Å². The first-order chi connectivity index (χ1) is 14.6. The van der Waals surface area contributed by atoms with E-state index < -0.39 is 6.10 Å². The van der Waals surface area contributed by atoms with Gasteiger partial charge in [0, 0.05) is 44.3 Å². The molecule has 0 bridgehead atoms. The number of methoxy groups -OCH3 is 1. The van der Waals surface area contributed by atoms with Crippen molar-refractivity contribution in [1.29, 1.82) is 0 Å². The molecule has 0 spiro atoms. The number of β-amino-alcohol motifs (C(OH)–C–C–N with tert-alkyl or cyclic N) is 1. The van der Waals surface area contributed by atoms with Gasteiger partial charge in [0.05, 0.1) is 7.11 Å². The summed E-state index contributed by atoms with van der Waals surface area (Å²) in [6.45, 7) is 9.36. The predicted octanol–water partition coefficient (Wildman–Crippen LogP) is 4.48. The Labute approximate surface area is 208 Å². The van der Waals surface area contributed by atoms with E-state index in [-0.39, 0.29) is 31.4 Å². The number of nitrogens with zero attached hydrogens (tertiary/aromatic N) is 2. The van der Waals surface area contributed by atoms with Gasteiger partial charge in [-0.25, -0.2) is 0 Å². The summed E-state index contributed by atoms with van der Waals surface area (Å²) in [5.74, 6) is 1.33. The molecule has 0 aliphatic carbocycles. The van der Waals surface area contributed by atoms with Crippen molar-refractivity contribution < 1.29 is 14.6 Å². The Bertz CT molecular complexity index is 813. The molecule has 1 heterocycles. The van der Waals surface area contributed by atoms with Gasteiger partial charge in [0.1, 0.15) is 12.7 Å². The van der Waals surface area contributed by atoms with Crippen molar-refractivity contribution in [2.45, 2.75) is 19.1 Å². The van der Waals surface area contributed by atoms with Crippen LogP contribution in [0.25, 0.3) is 0 Å².